The van der Waals surface area contributed by atoms with Crippen LogP contribution in [0.3, 0.4) is 0 Å². The second kappa shape index (κ2) is 7.61. The van der Waals surface area contributed by atoms with Gasteiger partial charge in [0.25, 0.3) is 5.91 Å². The van der Waals surface area contributed by atoms with Crippen LogP contribution in [-0.4, -0.2) is 36.6 Å². The van der Waals surface area contributed by atoms with Gasteiger partial charge in [0, 0.05) is 13.2 Å². The average Bonchev–Trinajstić information content (AvgIpc) is 3.10. The van der Waals surface area contributed by atoms with Crippen LogP contribution in [0.15, 0.2) is 21.2 Å². The number of nitrogens with one attached hydrogen (secondary N) is 2. The first-order chi connectivity index (χ1) is 10.1. The van der Waals surface area contributed by atoms with E-state index in [1.54, 1.807) is 6.07 Å². The molecule has 6 nitrogen and oxygen atoms in total. The van der Waals surface area contributed by atoms with Crippen LogP contribution in [-0.2, 0) is 4.79 Å². The second-order valence-corrected chi connectivity index (χ2v) is 6.01. The summed E-state index contributed by atoms with van der Waals surface area (Å²) in [4.78, 5) is 23.4. The molecule has 0 bridgehead atoms. The Hall–Kier alpha value is -1.34. The van der Waals surface area contributed by atoms with Crippen LogP contribution in [0.2, 0.25) is 0 Å². The van der Waals surface area contributed by atoms with E-state index in [1.807, 2.05) is 0 Å². The number of aliphatic hydroxyl groups is 1. The molecule has 0 aliphatic heterocycles. The fourth-order valence-electron chi connectivity index (χ4n) is 2.61. The van der Waals surface area contributed by atoms with Gasteiger partial charge in [-0.2, -0.15) is 0 Å². The molecule has 0 aromatic carbocycles. The Bertz CT molecular complexity index is 503. The van der Waals surface area contributed by atoms with Crippen LogP contribution in [0.1, 0.15) is 29.8 Å². The van der Waals surface area contributed by atoms with Crippen LogP contribution in [0.25, 0.3) is 0 Å². The van der Waals surface area contributed by atoms with Gasteiger partial charge < -0.3 is 20.2 Å². The Morgan fingerprint density at radius 2 is 2.05 bits per heavy atom. The van der Waals surface area contributed by atoms with Crippen molar-refractivity contribution in [1.82, 2.24) is 10.6 Å². The Kier molecular flexibility index (Phi) is 5.81. The quantitative estimate of drug-likeness (QED) is 0.714. The molecular formula is C14H19BrN2O4. The van der Waals surface area contributed by atoms with Gasteiger partial charge in [-0.25, -0.2) is 0 Å². The molecule has 2 rings (SSSR count). The fourth-order valence-corrected chi connectivity index (χ4v) is 2.92. The number of aliphatic hydroxyl groups excluding tert-OH is 1. The molecule has 1 heterocycles. The lowest BCUT2D eigenvalue weighted by Gasteiger charge is -2.17. The van der Waals surface area contributed by atoms with E-state index in [4.69, 9.17) is 4.42 Å². The summed E-state index contributed by atoms with van der Waals surface area (Å²) >= 11 is 3.11. The van der Waals surface area contributed by atoms with E-state index in [-0.39, 0.29) is 30.7 Å². The minimum atomic E-state index is -0.426. The maximum atomic E-state index is 11.7. The predicted molar refractivity (Wildman–Crippen MR) is 79.7 cm³/mol. The summed E-state index contributed by atoms with van der Waals surface area (Å²) in [6.07, 6.45) is 3.13. The molecule has 2 amide bonds. The normalized spacial score (nSPS) is 21.2. The number of rotatable bonds is 6. The van der Waals surface area contributed by atoms with Gasteiger partial charge in [-0.15, -0.1) is 0 Å². The summed E-state index contributed by atoms with van der Waals surface area (Å²) in [6, 6.07) is 3.14. The van der Waals surface area contributed by atoms with Crippen LogP contribution in [0.4, 0.5) is 0 Å². The van der Waals surface area contributed by atoms with E-state index in [1.165, 1.54) is 6.07 Å². The van der Waals surface area contributed by atoms with Gasteiger partial charge in [0.1, 0.15) is 0 Å². The van der Waals surface area contributed by atoms with Crippen molar-refractivity contribution in [2.24, 2.45) is 11.8 Å². The zero-order valence-electron chi connectivity index (χ0n) is 11.6. The largest absolute Gasteiger partial charge is 0.444 e. The number of halogens is 1. The van der Waals surface area contributed by atoms with Gasteiger partial charge in [0.15, 0.2) is 10.4 Å². The number of furan rings is 1. The zero-order chi connectivity index (χ0) is 15.2. The predicted octanol–water partition coefficient (Wildman–Crippen LogP) is 1.30. The first-order valence-corrected chi connectivity index (χ1v) is 7.80. The lowest BCUT2D eigenvalue weighted by Crippen LogP contribution is -2.39. The monoisotopic (exact) mass is 358 g/mol. The van der Waals surface area contributed by atoms with Crippen molar-refractivity contribution in [3.8, 4) is 0 Å². The lowest BCUT2D eigenvalue weighted by atomic mass is 9.97. The molecule has 2 atom stereocenters. The third kappa shape index (κ3) is 4.57. The molecule has 1 aliphatic rings. The molecule has 1 aliphatic carbocycles. The molecule has 2 unspecified atom stereocenters. The van der Waals surface area contributed by atoms with Crippen molar-refractivity contribution >= 4 is 27.7 Å². The highest BCUT2D eigenvalue weighted by Crippen LogP contribution is 2.30. The van der Waals surface area contributed by atoms with Crippen molar-refractivity contribution in [1.29, 1.82) is 0 Å². The van der Waals surface area contributed by atoms with Gasteiger partial charge >= 0.3 is 0 Å². The summed E-state index contributed by atoms with van der Waals surface area (Å²) in [5.41, 5.74) is 0. The molecule has 3 N–H and O–H groups in total. The SMILES string of the molecule is O=C(CNC(=O)c1ccc(Br)o1)NCC1CCCC1CO. The molecule has 0 radical (unpaired) electrons. The van der Waals surface area contributed by atoms with Gasteiger partial charge in [-0.05, 0) is 52.7 Å². The zero-order valence-corrected chi connectivity index (χ0v) is 13.2. The van der Waals surface area contributed by atoms with Gasteiger partial charge in [0.05, 0.1) is 6.54 Å². The van der Waals surface area contributed by atoms with Crippen molar-refractivity contribution < 1.29 is 19.1 Å². The fraction of sp³-hybridized carbons (Fsp3) is 0.571. The van der Waals surface area contributed by atoms with Gasteiger partial charge in [-0.3, -0.25) is 9.59 Å². The summed E-state index contributed by atoms with van der Waals surface area (Å²) < 4.78 is 5.56. The van der Waals surface area contributed by atoms with Gasteiger partial charge in [-0.1, -0.05) is 6.42 Å². The maximum absolute atomic E-state index is 11.7. The molecule has 0 spiro atoms. The maximum Gasteiger partial charge on any atom is 0.287 e. The molecule has 1 saturated carbocycles. The number of amides is 2. The molecule has 1 fully saturated rings. The minimum absolute atomic E-state index is 0.0896. The van der Waals surface area contributed by atoms with E-state index < -0.39 is 5.91 Å². The second-order valence-electron chi connectivity index (χ2n) is 5.22. The Labute approximate surface area is 131 Å². The molecule has 1 aromatic rings. The lowest BCUT2D eigenvalue weighted by molar-refractivity contribution is -0.120. The van der Waals surface area contributed by atoms with E-state index in [0.717, 1.165) is 19.3 Å². The number of hydrogen-bond acceptors (Lipinski definition) is 4. The number of hydrogen-bond donors (Lipinski definition) is 3. The van der Waals surface area contributed by atoms with Crippen LogP contribution < -0.4 is 10.6 Å². The average molecular weight is 359 g/mol. The van der Waals surface area contributed by atoms with E-state index >= 15 is 0 Å². The standard InChI is InChI=1S/C14H19BrN2O4/c15-12-5-4-11(21-12)14(20)17-7-13(19)16-6-9-2-1-3-10(9)8-18/h4-5,9-10,18H,1-3,6-8H2,(H,16,19)(H,17,20). The van der Waals surface area contributed by atoms with E-state index in [2.05, 4.69) is 26.6 Å². The van der Waals surface area contributed by atoms with Crippen LogP contribution in [0.5, 0.6) is 0 Å². The molecule has 1 aromatic heterocycles. The summed E-state index contributed by atoms with van der Waals surface area (Å²) in [5, 5.41) is 14.5. The highest BCUT2D eigenvalue weighted by atomic mass is 79.9. The minimum Gasteiger partial charge on any atom is -0.444 e. The van der Waals surface area contributed by atoms with E-state index in [9.17, 15) is 14.7 Å². The molecule has 116 valence electrons. The highest BCUT2D eigenvalue weighted by Gasteiger charge is 2.26. The van der Waals surface area contributed by atoms with Crippen molar-refractivity contribution in [3.05, 3.63) is 22.6 Å². The molecule has 0 saturated heterocycles. The van der Waals surface area contributed by atoms with Gasteiger partial charge in [0.2, 0.25) is 5.91 Å². The number of carbonyl (C=O) groups is 2. The summed E-state index contributed by atoms with van der Waals surface area (Å²) in [7, 11) is 0. The first-order valence-electron chi connectivity index (χ1n) is 7.01. The molecule has 21 heavy (non-hydrogen) atoms. The number of carbonyl (C=O) groups excluding carboxylic acids is 2. The third-order valence-electron chi connectivity index (χ3n) is 3.82. The first kappa shape index (κ1) is 16.0. The topological polar surface area (TPSA) is 91.6 Å². The Balaban J connectivity index is 1.69. The van der Waals surface area contributed by atoms with Crippen LogP contribution in [0, 0.1) is 11.8 Å². The highest BCUT2D eigenvalue weighted by molar-refractivity contribution is 9.10. The van der Waals surface area contributed by atoms with Crippen LogP contribution >= 0.6 is 15.9 Å². The summed E-state index contributed by atoms with van der Waals surface area (Å²) in [6.45, 7) is 0.630. The Morgan fingerprint density at radius 3 is 2.71 bits per heavy atom. The van der Waals surface area contributed by atoms with Crippen molar-refractivity contribution in [2.45, 2.75) is 19.3 Å². The van der Waals surface area contributed by atoms with E-state index in [0.29, 0.717) is 17.1 Å². The third-order valence-corrected chi connectivity index (χ3v) is 4.25. The van der Waals surface area contributed by atoms with Crippen molar-refractivity contribution in [2.75, 3.05) is 19.7 Å². The Morgan fingerprint density at radius 1 is 1.29 bits per heavy atom. The molecular weight excluding hydrogens is 340 g/mol. The summed E-state index contributed by atoms with van der Waals surface area (Å²) in [5.74, 6) is 0.101. The molecule has 7 heteroatoms. The van der Waals surface area contributed by atoms with Crippen molar-refractivity contribution in [3.63, 3.8) is 0 Å². The smallest absolute Gasteiger partial charge is 0.287 e.